The molecule has 0 unspecified atom stereocenters. The van der Waals surface area contributed by atoms with Gasteiger partial charge >= 0.3 is 0 Å². The van der Waals surface area contributed by atoms with Crippen molar-refractivity contribution >= 4 is 16.3 Å². The molecule has 1 aromatic carbocycles. The molecule has 1 N–H and O–H groups in total. The number of fused-ring (bicyclic) bond motifs is 1. The molecule has 0 fully saturated rings. The molecular formula is C15H16N2O2S. The van der Waals surface area contributed by atoms with Crippen molar-refractivity contribution in [3.63, 3.8) is 0 Å². The molecule has 0 aliphatic rings. The van der Waals surface area contributed by atoms with Gasteiger partial charge in [-0.3, -0.25) is 4.40 Å². The third-order valence-corrected chi connectivity index (χ3v) is 4.17. The van der Waals surface area contributed by atoms with Crippen molar-refractivity contribution in [3.05, 3.63) is 41.0 Å². The lowest BCUT2D eigenvalue weighted by atomic mass is 10.1. The molecule has 0 amide bonds. The lowest BCUT2D eigenvalue weighted by Crippen LogP contribution is -1.95. The molecule has 0 radical (unpaired) electrons. The third-order valence-electron chi connectivity index (χ3n) is 3.20. The maximum Gasteiger partial charge on any atom is 0.194 e. The van der Waals surface area contributed by atoms with Crippen LogP contribution in [0.3, 0.4) is 0 Å². The number of rotatable bonds is 4. The van der Waals surface area contributed by atoms with Gasteiger partial charge in [0.05, 0.1) is 30.8 Å². The van der Waals surface area contributed by atoms with Crippen molar-refractivity contribution in [3.8, 4) is 17.0 Å². The second kappa shape index (κ2) is 5.26. The van der Waals surface area contributed by atoms with E-state index >= 15 is 0 Å². The zero-order valence-corrected chi connectivity index (χ0v) is 12.3. The van der Waals surface area contributed by atoms with E-state index in [-0.39, 0.29) is 6.61 Å². The highest BCUT2D eigenvalue weighted by Gasteiger charge is 2.15. The number of aromatic nitrogens is 2. The van der Waals surface area contributed by atoms with Crippen molar-refractivity contribution in [2.45, 2.75) is 20.5 Å². The highest BCUT2D eigenvalue weighted by molar-refractivity contribution is 7.17. The van der Waals surface area contributed by atoms with Crippen LogP contribution >= 0.6 is 11.3 Å². The Labute approximate surface area is 121 Å². The van der Waals surface area contributed by atoms with Crippen molar-refractivity contribution < 1.29 is 9.84 Å². The van der Waals surface area contributed by atoms with Gasteiger partial charge in [-0.15, -0.1) is 11.3 Å². The molecule has 0 aliphatic carbocycles. The van der Waals surface area contributed by atoms with Crippen LogP contribution in [0.2, 0.25) is 0 Å². The number of nitrogens with zero attached hydrogens (tertiary/aromatic N) is 2. The zero-order valence-electron chi connectivity index (χ0n) is 11.5. The second-order valence-electron chi connectivity index (χ2n) is 4.49. The Morgan fingerprint density at radius 2 is 2.05 bits per heavy atom. The van der Waals surface area contributed by atoms with Gasteiger partial charge in [0.15, 0.2) is 4.96 Å². The Morgan fingerprint density at radius 1 is 1.30 bits per heavy atom. The van der Waals surface area contributed by atoms with Gasteiger partial charge < -0.3 is 9.84 Å². The van der Waals surface area contributed by atoms with Crippen LogP contribution in [0.25, 0.3) is 16.2 Å². The van der Waals surface area contributed by atoms with Gasteiger partial charge in [-0.2, -0.15) is 0 Å². The Balaban J connectivity index is 2.12. The van der Waals surface area contributed by atoms with E-state index in [0.717, 1.165) is 27.7 Å². The Bertz CT molecular complexity index is 728. The first-order chi connectivity index (χ1) is 9.74. The van der Waals surface area contributed by atoms with Crippen LogP contribution in [-0.2, 0) is 6.61 Å². The number of hydrogen-bond acceptors (Lipinski definition) is 4. The zero-order chi connectivity index (χ0) is 14.1. The van der Waals surface area contributed by atoms with Crippen LogP contribution in [0.4, 0.5) is 0 Å². The molecule has 104 valence electrons. The summed E-state index contributed by atoms with van der Waals surface area (Å²) in [6.07, 6.45) is 1.73. The van der Waals surface area contributed by atoms with Crippen LogP contribution in [-0.4, -0.2) is 21.1 Å². The minimum atomic E-state index is -0.0125. The van der Waals surface area contributed by atoms with Crippen molar-refractivity contribution in [2.75, 3.05) is 6.61 Å². The summed E-state index contributed by atoms with van der Waals surface area (Å²) in [4.78, 5) is 6.44. The average Bonchev–Trinajstić information content (AvgIpc) is 2.98. The van der Waals surface area contributed by atoms with Gasteiger partial charge in [0, 0.05) is 4.88 Å². The summed E-state index contributed by atoms with van der Waals surface area (Å²) in [5.41, 5.74) is 3.01. The smallest absolute Gasteiger partial charge is 0.194 e. The summed E-state index contributed by atoms with van der Waals surface area (Å²) in [7, 11) is 0. The van der Waals surface area contributed by atoms with E-state index in [2.05, 4.69) is 11.9 Å². The van der Waals surface area contributed by atoms with E-state index in [1.165, 1.54) is 4.88 Å². The molecule has 2 aromatic heterocycles. The Kier molecular flexibility index (Phi) is 3.46. The lowest BCUT2D eigenvalue weighted by Gasteiger charge is -2.07. The average molecular weight is 288 g/mol. The molecule has 0 spiro atoms. The molecule has 5 heteroatoms. The lowest BCUT2D eigenvalue weighted by molar-refractivity contribution is 0.276. The summed E-state index contributed by atoms with van der Waals surface area (Å²) in [6, 6.07) is 8.02. The fourth-order valence-electron chi connectivity index (χ4n) is 2.34. The number of aliphatic hydroxyl groups is 1. The fourth-order valence-corrected chi connectivity index (χ4v) is 3.33. The molecule has 0 aliphatic heterocycles. The predicted octanol–water partition coefficient (Wildman–Crippen LogP) is 3.26. The molecule has 4 nitrogen and oxygen atoms in total. The molecular weight excluding hydrogens is 272 g/mol. The van der Waals surface area contributed by atoms with Gasteiger partial charge in [0.2, 0.25) is 0 Å². The van der Waals surface area contributed by atoms with Crippen LogP contribution in [0.5, 0.6) is 5.75 Å². The summed E-state index contributed by atoms with van der Waals surface area (Å²) in [6.45, 7) is 4.70. The SMILES string of the molecule is CCOc1ccc(-c2c(C)sc3ncc(CO)n23)cc1. The normalized spacial score (nSPS) is 11.2. The van der Waals surface area contributed by atoms with Gasteiger partial charge in [0.1, 0.15) is 5.75 Å². The largest absolute Gasteiger partial charge is 0.494 e. The van der Waals surface area contributed by atoms with Crippen molar-refractivity contribution in [2.24, 2.45) is 0 Å². The van der Waals surface area contributed by atoms with Gasteiger partial charge in [-0.05, 0) is 43.7 Å². The summed E-state index contributed by atoms with van der Waals surface area (Å²) in [5, 5.41) is 9.44. The van der Waals surface area contributed by atoms with E-state index in [4.69, 9.17) is 4.74 Å². The molecule has 3 aromatic rings. The monoisotopic (exact) mass is 288 g/mol. The van der Waals surface area contributed by atoms with Gasteiger partial charge in [-0.25, -0.2) is 4.98 Å². The topological polar surface area (TPSA) is 46.8 Å². The molecule has 0 saturated heterocycles. The van der Waals surface area contributed by atoms with Gasteiger partial charge in [0.25, 0.3) is 0 Å². The first kappa shape index (κ1) is 13.1. The predicted molar refractivity (Wildman–Crippen MR) is 80.3 cm³/mol. The molecule has 0 saturated carbocycles. The Hall–Kier alpha value is -1.85. The second-order valence-corrected chi connectivity index (χ2v) is 5.67. The van der Waals surface area contributed by atoms with Gasteiger partial charge in [-0.1, -0.05) is 0 Å². The van der Waals surface area contributed by atoms with Crippen molar-refractivity contribution in [1.82, 2.24) is 9.38 Å². The number of thiazole rings is 1. The highest BCUT2D eigenvalue weighted by Crippen LogP contribution is 2.33. The molecule has 0 atom stereocenters. The number of imidazole rings is 1. The maximum atomic E-state index is 9.44. The first-order valence-electron chi connectivity index (χ1n) is 6.54. The molecule has 2 heterocycles. The van der Waals surface area contributed by atoms with Crippen LogP contribution in [0.15, 0.2) is 30.5 Å². The number of hydrogen-bond donors (Lipinski definition) is 1. The Morgan fingerprint density at radius 3 is 2.70 bits per heavy atom. The molecule has 20 heavy (non-hydrogen) atoms. The molecule has 0 bridgehead atoms. The quantitative estimate of drug-likeness (QED) is 0.801. The first-order valence-corrected chi connectivity index (χ1v) is 7.36. The van der Waals surface area contributed by atoms with E-state index in [0.29, 0.717) is 6.61 Å². The number of aryl methyl sites for hydroxylation is 1. The number of ether oxygens (including phenoxy) is 1. The van der Waals surface area contributed by atoms with Crippen LogP contribution in [0, 0.1) is 6.92 Å². The third kappa shape index (κ3) is 2.09. The summed E-state index contributed by atoms with van der Waals surface area (Å²) >= 11 is 1.63. The fraction of sp³-hybridized carbons (Fsp3) is 0.267. The minimum absolute atomic E-state index is 0.0125. The number of aliphatic hydroxyl groups excluding tert-OH is 1. The van der Waals surface area contributed by atoms with Crippen LogP contribution in [0.1, 0.15) is 17.5 Å². The maximum absolute atomic E-state index is 9.44. The van der Waals surface area contributed by atoms with E-state index in [1.807, 2.05) is 35.6 Å². The summed E-state index contributed by atoms with van der Waals surface area (Å²) in [5.74, 6) is 0.869. The van der Waals surface area contributed by atoms with E-state index < -0.39 is 0 Å². The van der Waals surface area contributed by atoms with Crippen LogP contribution < -0.4 is 4.74 Å². The highest BCUT2D eigenvalue weighted by atomic mass is 32.1. The van der Waals surface area contributed by atoms with Crippen molar-refractivity contribution in [1.29, 1.82) is 0 Å². The summed E-state index contributed by atoms with van der Waals surface area (Å²) < 4.78 is 7.49. The standard InChI is InChI=1S/C15H16N2O2S/c1-3-19-13-6-4-11(5-7-13)14-10(2)20-15-16-8-12(9-18)17(14)15/h4-8,18H,3,9H2,1-2H3. The molecule has 3 rings (SSSR count). The minimum Gasteiger partial charge on any atom is -0.494 e. The number of benzene rings is 1. The van der Waals surface area contributed by atoms with E-state index in [9.17, 15) is 5.11 Å². The van der Waals surface area contributed by atoms with E-state index in [1.54, 1.807) is 17.5 Å².